The van der Waals surface area contributed by atoms with Gasteiger partial charge in [0.25, 0.3) is 5.91 Å². The van der Waals surface area contributed by atoms with E-state index < -0.39 is 0 Å². The first-order valence-electron chi connectivity index (χ1n) is 6.64. The van der Waals surface area contributed by atoms with Crippen LogP contribution in [0.5, 0.6) is 11.5 Å². The van der Waals surface area contributed by atoms with E-state index in [1.54, 1.807) is 44.4 Å². The molecular weight excluding hydrogens is 268 g/mol. The van der Waals surface area contributed by atoms with Crippen LogP contribution >= 0.6 is 0 Å². The number of carbonyl (C=O) groups is 1. The molecule has 2 rings (SSSR count). The van der Waals surface area contributed by atoms with Crippen molar-refractivity contribution in [3.05, 3.63) is 47.8 Å². The Labute approximate surface area is 124 Å². The first-order chi connectivity index (χ1) is 10.1. The van der Waals surface area contributed by atoms with Crippen LogP contribution in [0.15, 0.2) is 36.5 Å². The molecule has 0 atom stereocenters. The number of rotatable bonds is 5. The maximum absolute atomic E-state index is 12.6. The third kappa shape index (κ3) is 3.18. The summed E-state index contributed by atoms with van der Waals surface area (Å²) in [7, 11) is 6.86. The van der Waals surface area contributed by atoms with E-state index in [0.717, 1.165) is 5.69 Å². The molecule has 0 N–H and O–H groups in total. The Kier molecular flexibility index (Phi) is 4.52. The van der Waals surface area contributed by atoms with Crippen molar-refractivity contribution in [3.63, 3.8) is 0 Å². The van der Waals surface area contributed by atoms with E-state index in [4.69, 9.17) is 9.47 Å². The molecule has 0 fully saturated rings. The monoisotopic (exact) mass is 288 g/mol. The molecule has 1 amide bonds. The summed E-state index contributed by atoms with van der Waals surface area (Å²) in [6, 6.07) is 9.15. The van der Waals surface area contributed by atoms with E-state index in [1.165, 1.54) is 0 Å². The Morgan fingerprint density at radius 3 is 2.57 bits per heavy atom. The standard InChI is InChI=1S/C16H20N2O3/c1-17-9-5-6-12(17)11-18(2)16(19)14-8-7-13(20-3)10-15(14)21-4/h5-10H,11H2,1-4H3. The molecule has 0 spiro atoms. The summed E-state index contributed by atoms with van der Waals surface area (Å²) in [5.74, 6) is 1.09. The number of hydrogen-bond donors (Lipinski definition) is 0. The minimum absolute atomic E-state index is 0.0873. The zero-order valence-electron chi connectivity index (χ0n) is 12.8. The first-order valence-corrected chi connectivity index (χ1v) is 6.64. The summed E-state index contributed by atoms with van der Waals surface area (Å²) in [5, 5.41) is 0. The minimum Gasteiger partial charge on any atom is -0.497 e. The summed E-state index contributed by atoms with van der Waals surface area (Å²) in [4.78, 5) is 14.2. The predicted molar refractivity (Wildman–Crippen MR) is 80.8 cm³/mol. The Morgan fingerprint density at radius 1 is 1.24 bits per heavy atom. The number of amides is 1. The number of methoxy groups -OCH3 is 2. The molecule has 5 heteroatoms. The lowest BCUT2D eigenvalue weighted by molar-refractivity contribution is 0.0779. The average Bonchev–Trinajstić information content (AvgIpc) is 2.90. The van der Waals surface area contributed by atoms with E-state index in [-0.39, 0.29) is 5.91 Å². The van der Waals surface area contributed by atoms with Crippen LogP contribution in [-0.4, -0.2) is 36.6 Å². The Balaban J connectivity index is 2.21. The summed E-state index contributed by atoms with van der Waals surface area (Å²) >= 11 is 0. The van der Waals surface area contributed by atoms with Crippen molar-refractivity contribution in [2.75, 3.05) is 21.3 Å². The van der Waals surface area contributed by atoms with Crippen molar-refractivity contribution in [2.24, 2.45) is 7.05 Å². The number of aryl methyl sites for hydroxylation is 1. The van der Waals surface area contributed by atoms with Gasteiger partial charge in [0.1, 0.15) is 11.5 Å². The lowest BCUT2D eigenvalue weighted by Crippen LogP contribution is -2.27. The lowest BCUT2D eigenvalue weighted by Gasteiger charge is -2.19. The van der Waals surface area contributed by atoms with Gasteiger partial charge in [-0.05, 0) is 24.3 Å². The van der Waals surface area contributed by atoms with Gasteiger partial charge in [0, 0.05) is 32.1 Å². The molecule has 112 valence electrons. The third-order valence-electron chi connectivity index (χ3n) is 3.44. The molecule has 0 saturated carbocycles. The molecule has 0 aliphatic rings. The average molecular weight is 288 g/mol. The van der Waals surface area contributed by atoms with Crippen LogP contribution in [0, 0.1) is 0 Å². The Morgan fingerprint density at radius 2 is 2.00 bits per heavy atom. The van der Waals surface area contributed by atoms with E-state index >= 15 is 0 Å². The SMILES string of the molecule is COc1ccc(C(=O)N(C)Cc2cccn2C)c(OC)c1. The molecule has 0 saturated heterocycles. The molecule has 0 aliphatic carbocycles. The highest BCUT2D eigenvalue weighted by Crippen LogP contribution is 2.25. The fourth-order valence-electron chi connectivity index (χ4n) is 2.16. The van der Waals surface area contributed by atoms with Crippen molar-refractivity contribution >= 4 is 5.91 Å². The van der Waals surface area contributed by atoms with Crippen LogP contribution < -0.4 is 9.47 Å². The van der Waals surface area contributed by atoms with Crippen molar-refractivity contribution < 1.29 is 14.3 Å². The normalized spacial score (nSPS) is 10.3. The van der Waals surface area contributed by atoms with E-state index in [9.17, 15) is 4.79 Å². The van der Waals surface area contributed by atoms with Crippen LogP contribution in [0.3, 0.4) is 0 Å². The number of ether oxygens (including phenoxy) is 2. The Hall–Kier alpha value is -2.43. The van der Waals surface area contributed by atoms with Crippen molar-refractivity contribution in [1.29, 1.82) is 0 Å². The van der Waals surface area contributed by atoms with Crippen LogP contribution in [-0.2, 0) is 13.6 Å². The fourth-order valence-corrected chi connectivity index (χ4v) is 2.16. The van der Waals surface area contributed by atoms with E-state index in [2.05, 4.69) is 0 Å². The van der Waals surface area contributed by atoms with Gasteiger partial charge in [-0.2, -0.15) is 0 Å². The summed E-state index contributed by atoms with van der Waals surface area (Å²) in [6.07, 6.45) is 1.96. The molecule has 0 unspecified atom stereocenters. The maximum Gasteiger partial charge on any atom is 0.257 e. The van der Waals surface area contributed by atoms with E-state index in [1.807, 2.05) is 29.9 Å². The highest BCUT2D eigenvalue weighted by Gasteiger charge is 2.18. The number of benzene rings is 1. The molecule has 2 aromatic rings. The highest BCUT2D eigenvalue weighted by molar-refractivity contribution is 5.97. The largest absolute Gasteiger partial charge is 0.497 e. The van der Waals surface area contributed by atoms with Crippen molar-refractivity contribution in [3.8, 4) is 11.5 Å². The molecule has 21 heavy (non-hydrogen) atoms. The van der Waals surface area contributed by atoms with Gasteiger partial charge >= 0.3 is 0 Å². The third-order valence-corrected chi connectivity index (χ3v) is 3.44. The van der Waals surface area contributed by atoms with Crippen LogP contribution in [0.1, 0.15) is 16.1 Å². The number of carbonyl (C=O) groups excluding carboxylic acids is 1. The molecule has 5 nitrogen and oxygen atoms in total. The van der Waals surface area contributed by atoms with Gasteiger partial charge in [0.05, 0.1) is 26.3 Å². The molecule has 0 radical (unpaired) electrons. The zero-order valence-corrected chi connectivity index (χ0v) is 12.8. The number of aromatic nitrogens is 1. The van der Waals surface area contributed by atoms with Crippen molar-refractivity contribution in [2.45, 2.75) is 6.54 Å². The van der Waals surface area contributed by atoms with Crippen molar-refractivity contribution in [1.82, 2.24) is 9.47 Å². The van der Waals surface area contributed by atoms with Crippen LogP contribution in [0.25, 0.3) is 0 Å². The van der Waals surface area contributed by atoms with Gasteiger partial charge in [0.2, 0.25) is 0 Å². The predicted octanol–water partition coefficient (Wildman–Crippen LogP) is 2.31. The van der Waals surface area contributed by atoms with Gasteiger partial charge in [-0.3, -0.25) is 4.79 Å². The zero-order chi connectivity index (χ0) is 15.4. The summed E-state index contributed by atoms with van der Waals surface area (Å²) < 4.78 is 12.4. The van der Waals surface area contributed by atoms with Gasteiger partial charge < -0.3 is 18.9 Å². The van der Waals surface area contributed by atoms with Gasteiger partial charge in [-0.1, -0.05) is 0 Å². The molecule has 0 aliphatic heterocycles. The van der Waals surface area contributed by atoms with Gasteiger partial charge in [-0.15, -0.1) is 0 Å². The molecular formula is C16H20N2O3. The second-order valence-electron chi connectivity index (χ2n) is 4.84. The van der Waals surface area contributed by atoms with Gasteiger partial charge in [-0.25, -0.2) is 0 Å². The molecule has 1 aromatic heterocycles. The summed E-state index contributed by atoms with van der Waals surface area (Å²) in [6.45, 7) is 0.539. The Bertz CT molecular complexity index is 634. The fraction of sp³-hybridized carbons (Fsp3) is 0.312. The molecule has 0 bridgehead atoms. The second-order valence-corrected chi connectivity index (χ2v) is 4.84. The van der Waals surface area contributed by atoms with Gasteiger partial charge in [0.15, 0.2) is 0 Å². The minimum atomic E-state index is -0.0873. The highest BCUT2D eigenvalue weighted by atomic mass is 16.5. The quantitative estimate of drug-likeness (QED) is 0.848. The smallest absolute Gasteiger partial charge is 0.257 e. The first kappa shape index (κ1) is 15.0. The summed E-state index contributed by atoms with van der Waals surface area (Å²) in [5.41, 5.74) is 1.59. The number of nitrogens with zero attached hydrogens (tertiary/aromatic N) is 2. The van der Waals surface area contributed by atoms with Crippen LogP contribution in [0.2, 0.25) is 0 Å². The number of hydrogen-bond acceptors (Lipinski definition) is 3. The topological polar surface area (TPSA) is 43.7 Å². The molecule has 1 heterocycles. The maximum atomic E-state index is 12.6. The van der Waals surface area contributed by atoms with E-state index in [0.29, 0.717) is 23.6 Å². The lowest BCUT2D eigenvalue weighted by atomic mass is 10.1. The second kappa shape index (κ2) is 6.35. The molecule has 1 aromatic carbocycles. The van der Waals surface area contributed by atoms with Crippen LogP contribution in [0.4, 0.5) is 0 Å².